The molecule has 88 valence electrons. The van der Waals surface area contributed by atoms with Crippen LogP contribution in [0.2, 0.25) is 0 Å². The topological polar surface area (TPSA) is 52.6 Å². The van der Waals surface area contributed by atoms with Crippen molar-refractivity contribution in [2.45, 2.75) is 45.2 Å². The van der Waals surface area contributed by atoms with Gasteiger partial charge in [-0.15, -0.1) is 0 Å². The van der Waals surface area contributed by atoms with Crippen LogP contribution in [0.4, 0.5) is 0 Å². The minimum Gasteiger partial charge on any atom is -0.396 e. The molecule has 0 aliphatic carbocycles. The lowest BCUT2D eigenvalue weighted by molar-refractivity contribution is -0.134. The number of amides is 1. The Balaban J connectivity index is 2.49. The molecule has 0 aromatic heterocycles. The molecule has 0 aromatic carbocycles. The Morgan fingerprint density at radius 3 is 2.80 bits per heavy atom. The number of carbonyl (C=O) groups excluding carboxylic acids is 1. The predicted octanol–water partition coefficient (Wildman–Crippen LogP) is 0.358. The Hall–Kier alpha value is -0.610. The van der Waals surface area contributed by atoms with Crippen molar-refractivity contribution in [2.75, 3.05) is 19.7 Å². The molecule has 0 saturated carbocycles. The molecule has 1 amide bonds. The zero-order valence-corrected chi connectivity index (χ0v) is 9.70. The van der Waals surface area contributed by atoms with Gasteiger partial charge in [0, 0.05) is 19.2 Å². The number of rotatable bonds is 5. The highest BCUT2D eigenvalue weighted by atomic mass is 16.3. The van der Waals surface area contributed by atoms with Crippen LogP contribution in [0, 0.1) is 0 Å². The molecule has 0 radical (unpaired) electrons. The number of hydrogen-bond acceptors (Lipinski definition) is 3. The highest BCUT2D eigenvalue weighted by molar-refractivity contribution is 5.82. The van der Waals surface area contributed by atoms with Crippen molar-refractivity contribution in [3.05, 3.63) is 0 Å². The van der Waals surface area contributed by atoms with Gasteiger partial charge < -0.3 is 15.3 Å². The molecule has 1 aliphatic heterocycles. The van der Waals surface area contributed by atoms with Crippen molar-refractivity contribution in [2.24, 2.45) is 0 Å². The van der Waals surface area contributed by atoms with Crippen molar-refractivity contribution in [3.8, 4) is 0 Å². The summed E-state index contributed by atoms with van der Waals surface area (Å²) in [6, 6.07) is 0.220. The standard InChI is InChI=1S/C11H22N2O2/c1-9(2)13(7-4-8-14)11(15)10-5-3-6-12-10/h9-10,12,14H,3-8H2,1-2H3/t10-/m1/s1. The first-order chi connectivity index (χ1) is 7.16. The number of aliphatic hydroxyl groups excluding tert-OH is 1. The summed E-state index contributed by atoms with van der Waals surface area (Å²) in [7, 11) is 0. The zero-order valence-electron chi connectivity index (χ0n) is 9.70. The van der Waals surface area contributed by atoms with E-state index in [1.807, 2.05) is 18.7 Å². The Labute approximate surface area is 91.6 Å². The van der Waals surface area contributed by atoms with Crippen molar-refractivity contribution in [3.63, 3.8) is 0 Å². The van der Waals surface area contributed by atoms with Gasteiger partial charge in [-0.3, -0.25) is 4.79 Å². The summed E-state index contributed by atoms with van der Waals surface area (Å²) in [5, 5.41) is 12.0. The molecule has 0 aromatic rings. The summed E-state index contributed by atoms with van der Waals surface area (Å²) in [4.78, 5) is 13.9. The van der Waals surface area contributed by atoms with Crippen LogP contribution in [0.1, 0.15) is 33.1 Å². The summed E-state index contributed by atoms with van der Waals surface area (Å²) >= 11 is 0. The van der Waals surface area contributed by atoms with E-state index < -0.39 is 0 Å². The van der Waals surface area contributed by atoms with Gasteiger partial charge in [-0.05, 0) is 39.7 Å². The molecule has 1 aliphatic rings. The Morgan fingerprint density at radius 1 is 1.60 bits per heavy atom. The van der Waals surface area contributed by atoms with Gasteiger partial charge in [-0.1, -0.05) is 0 Å². The quantitative estimate of drug-likeness (QED) is 0.694. The Kier molecular flexibility index (Phi) is 5.05. The molecular weight excluding hydrogens is 192 g/mol. The summed E-state index contributed by atoms with van der Waals surface area (Å²) in [6.07, 6.45) is 2.69. The zero-order chi connectivity index (χ0) is 11.3. The van der Waals surface area contributed by atoms with E-state index in [-0.39, 0.29) is 24.6 Å². The highest BCUT2D eigenvalue weighted by Crippen LogP contribution is 2.11. The van der Waals surface area contributed by atoms with Gasteiger partial charge in [-0.25, -0.2) is 0 Å². The largest absolute Gasteiger partial charge is 0.396 e. The second-order valence-corrected chi connectivity index (χ2v) is 4.35. The molecule has 4 heteroatoms. The molecule has 0 spiro atoms. The lowest BCUT2D eigenvalue weighted by Crippen LogP contribution is -2.47. The van der Waals surface area contributed by atoms with Crippen LogP contribution >= 0.6 is 0 Å². The van der Waals surface area contributed by atoms with E-state index in [2.05, 4.69) is 5.32 Å². The molecule has 1 atom stereocenters. The number of nitrogens with zero attached hydrogens (tertiary/aromatic N) is 1. The fraction of sp³-hybridized carbons (Fsp3) is 0.909. The molecule has 2 N–H and O–H groups in total. The third-order valence-electron chi connectivity index (χ3n) is 2.82. The second-order valence-electron chi connectivity index (χ2n) is 4.35. The lowest BCUT2D eigenvalue weighted by atomic mass is 10.1. The normalized spacial score (nSPS) is 20.9. The molecule has 0 unspecified atom stereocenters. The van der Waals surface area contributed by atoms with Gasteiger partial charge in [0.1, 0.15) is 0 Å². The second kappa shape index (κ2) is 6.08. The van der Waals surface area contributed by atoms with Gasteiger partial charge in [0.15, 0.2) is 0 Å². The average molecular weight is 214 g/mol. The third-order valence-corrected chi connectivity index (χ3v) is 2.82. The smallest absolute Gasteiger partial charge is 0.239 e. The molecule has 0 bridgehead atoms. The van der Waals surface area contributed by atoms with E-state index in [4.69, 9.17) is 5.11 Å². The van der Waals surface area contributed by atoms with Crippen molar-refractivity contribution in [1.29, 1.82) is 0 Å². The maximum atomic E-state index is 12.1. The van der Waals surface area contributed by atoms with Crippen molar-refractivity contribution in [1.82, 2.24) is 10.2 Å². The first-order valence-corrected chi connectivity index (χ1v) is 5.81. The Morgan fingerprint density at radius 2 is 2.33 bits per heavy atom. The van der Waals surface area contributed by atoms with Gasteiger partial charge >= 0.3 is 0 Å². The maximum Gasteiger partial charge on any atom is 0.239 e. The first kappa shape index (κ1) is 12.5. The first-order valence-electron chi connectivity index (χ1n) is 5.81. The van der Waals surface area contributed by atoms with Gasteiger partial charge in [0.25, 0.3) is 0 Å². The average Bonchev–Trinajstić information content (AvgIpc) is 2.70. The van der Waals surface area contributed by atoms with Gasteiger partial charge in [0.2, 0.25) is 5.91 Å². The summed E-state index contributed by atoms with van der Waals surface area (Å²) in [5.74, 6) is 0.191. The van der Waals surface area contributed by atoms with Crippen LogP contribution in [0.25, 0.3) is 0 Å². The van der Waals surface area contributed by atoms with E-state index in [1.165, 1.54) is 0 Å². The van der Waals surface area contributed by atoms with E-state index in [1.54, 1.807) is 0 Å². The fourth-order valence-corrected chi connectivity index (χ4v) is 1.96. The molecule has 1 rings (SSSR count). The maximum absolute atomic E-state index is 12.1. The van der Waals surface area contributed by atoms with E-state index >= 15 is 0 Å². The van der Waals surface area contributed by atoms with E-state index in [0.29, 0.717) is 13.0 Å². The van der Waals surface area contributed by atoms with Crippen LogP contribution in [0.15, 0.2) is 0 Å². The number of aliphatic hydroxyl groups is 1. The number of carbonyl (C=O) groups is 1. The highest BCUT2D eigenvalue weighted by Gasteiger charge is 2.27. The molecule has 1 fully saturated rings. The fourth-order valence-electron chi connectivity index (χ4n) is 1.96. The van der Waals surface area contributed by atoms with Crippen molar-refractivity contribution >= 4 is 5.91 Å². The molecular formula is C11H22N2O2. The molecule has 4 nitrogen and oxygen atoms in total. The Bertz CT molecular complexity index is 201. The minimum absolute atomic E-state index is 0.00564. The van der Waals surface area contributed by atoms with Crippen LogP contribution in [0.5, 0.6) is 0 Å². The van der Waals surface area contributed by atoms with Gasteiger partial charge in [0.05, 0.1) is 6.04 Å². The molecule has 1 heterocycles. The summed E-state index contributed by atoms with van der Waals surface area (Å²) in [6.45, 7) is 5.79. The third kappa shape index (κ3) is 3.47. The van der Waals surface area contributed by atoms with E-state index in [9.17, 15) is 4.79 Å². The summed E-state index contributed by atoms with van der Waals surface area (Å²) in [5.41, 5.74) is 0. The van der Waals surface area contributed by atoms with Crippen molar-refractivity contribution < 1.29 is 9.90 Å². The predicted molar refractivity (Wildman–Crippen MR) is 59.6 cm³/mol. The van der Waals surface area contributed by atoms with Crippen LogP contribution < -0.4 is 5.32 Å². The summed E-state index contributed by atoms with van der Waals surface area (Å²) < 4.78 is 0. The van der Waals surface area contributed by atoms with Gasteiger partial charge in [-0.2, -0.15) is 0 Å². The van der Waals surface area contributed by atoms with Crippen LogP contribution in [-0.4, -0.2) is 47.7 Å². The molecule has 1 saturated heterocycles. The molecule has 15 heavy (non-hydrogen) atoms. The van der Waals surface area contributed by atoms with Crippen LogP contribution in [0.3, 0.4) is 0 Å². The number of hydrogen-bond donors (Lipinski definition) is 2. The van der Waals surface area contributed by atoms with E-state index in [0.717, 1.165) is 19.4 Å². The van der Waals surface area contributed by atoms with Crippen LogP contribution in [-0.2, 0) is 4.79 Å². The lowest BCUT2D eigenvalue weighted by Gasteiger charge is -2.29. The SMILES string of the molecule is CC(C)N(CCCO)C(=O)[C@H]1CCCN1. The monoisotopic (exact) mass is 214 g/mol. The minimum atomic E-state index is 0.00564. The number of nitrogens with one attached hydrogen (secondary N) is 1.